The van der Waals surface area contributed by atoms with Crippen molar-refractivity contribution in [1.29, 1.82) is 0 Å². The zero-order valence-electron chi connectivity index (χ0n) is 17.9. The van der Waals surface area contributed by atoms with Crippen LogP contribution in [-0.4, -0.2) is 78.7 Å². The van der Waals surface area contributed by atoms with Crippen molar-refractivity contribution in [2.75, 3.05) is 38.3 Å². The number of carbonyl (C=O) groups excluding carboxylic acids is 3. The number of amides is 1. The second-order valence-electron chi connectivity index (χ2n) is 7.99. The summed E-state index contributed by atoms with van der Waals surface area (Å²) in [5.41, 5.74) is 5.71. The predicted octanol–water partition coefficient (Wildman–Crippen LogP) is 0.771. The molecule has 11 heteroatoms. The number of fused-ring (bicyclic) bond motifs is 4. The van der Waals surface area contributed by atoms with Crippen molar-refractivity contribution < 1.29 is 23.9 Å². The largest absolute Gasteiger partial charge is 0.449 e. The highest BCUT2D eigenvalue weighted by molar-refractivity contribution is 8.76. The molecule has 0 radical (unpaired) electrons. The standard InChI is InChI=1S/C20H28N4O5S2/c1-4-6-30-31-7-5-22-14-10(2)16(25)15-13(17(14)26)11(9-29-19(21)27)20(28-3)18-12(23-18)8-24(15)20/h11-12,18,22-23H,4-9H2,1-3H3,(H2,21,27)/t11?,12?,18?,20-/m1/s1. The first-order valence-corrected chi connectivity index (χ1v) is 12.9. The van der Waals surface area contributed by atoms with E-state index in [1.807, 2.05) is 4.90 Å². The number of nitrogens with zero attached hydrogens (tertiary/aromatic N) is 1. The molecule has 31 heavy (non-hydrogen) atoms. The van der Waals surface area contributed by atoms with Gasteiger partial charge < -0.3 is 30.7 Å². The fourth-order valence-corrected chi connectivity index (χ4v) is 6.97. The molecule has 170 valence electrons. The Balaban J connectivity index is 1.59. The Labute approximate surface area is 189 Å². The number of rotatable bonds is 10. The van der Waals surface area contributed by atoms with Crippen LogP contribution in [0.15, 0.2) is 22.5 Å². The number of hydrogen-bond donors (Lipinski definition) is 3. The number of nitrogens with two attached hydrogens (primary N) is 1. The van der Waals surface area contributed by atoms with Crippen molar-refractivity contribution >= 4 is 39.2 Å². The lowest BCUT2D eigenvalue weighted by Gasteiger charge is -2.39. The van der Waals surface area contributed by atoms with E-state index in [1.165, 1.54) is 0 Å². The topological polar surface area (TPSA) is 133 Å². The van der Waals surface area contributed by atoms with Gasteiger partial charge in [-0.05, 0) is 13.3 Å². The summed E-state index contributed by atoms with van der Waals surface area (Å²) >= 11 is 0. The Morgan fingerprint density at radius 2 is 2.06 bits per heavy atom. The van der Waals surface area contributed by atoms with E-state index in [0.29, 0.717) is 35.6 Å². The minimum absolute atomic E-state index is 0.0473. The van der Waals surface area contributed by atoms with Gasteiger partial charge in [-0.3, -0.25) is 9.59 Å². The molecule has 1 amide bonds. The Morgan fingerprint density at radius 1 is 1.32 bits per heavy atom. The molecule has 4 atom stereocenters. The summed E-state index contributed by atoms with van der Waals surface area (Å²) in [5, 5.41) is 6.53. The quantitative estimate of drug-likeness (QED) is 0.183. The summed E-state index contributed by atoms with van der Waals surface area (Å²) in [7, 11) is 5.09. The van der Waals surface area contributed by atoms with Crippen LogP contribution in [0.5, 0.6) is 0 Å². The van der Waals surface area contributed by atoms with E-state index in [4.69, 9.17) is 15.2 Å². The average Bonchev–Trinajstić information content (AvgIpc) is 3.35. The van der Waals surface area contributed by atoms with Crippen LogP contribution < -0.4 is 16.4 Å². The third kappa shape index (κ3) is 3.55. The fourth-order valence-electron chi connectivity index (χ4n) is 4.92. The van der Waals surface area contributed by atoms with Crippen LogP contribution >= 0.6 is 21.6 Å². The van der Waals surface area contributed by atoms with Gasteiger partial charge in [-0.1, -0.05) is 28.5 Å². The first kappa shape index (κ1) is 22.5. The third-order valence-corrected chi connectivity index (χ3v) is 8.90. The van der Waals surface area contributed by atoms with Crippen LogP contribution in [0.2, 0.25) is 0 Å². The van der Waals surface area contributed by atoms with Crippen LogP contribution in [-0.2, 0) is 19.1 Å². The van der Waals surface area contributed by atoms with Crippen molar-refractivity contribution in [3.63, 3.8) is 0 Å². The minimum Gasteiger partial charge on any atom is -0.449 e. The van der Waals surface area contributed by atoms with Crippen LogP contribution in [0.1, 0.15) is 20.3 Å². The van der Waals surface area contributed by atoms with Crippen molar-refractivity contribution in [1.82, 2.24) is 15.5 Å². The highest BCUT2D eigenvalue weighted by Gasteiger charge is 2.72. The highest BCUT2D eigenvalue weighted by Crippen LogP contribution is 2.55. The van der Waals surface area contributed by atoms with Gasteiger partial charge in [0.25, 0.3) is 0 Å². The van der Waals surface area contributed by atoms with Gasteiger partial charge in [0.1, 0.15) is 6.61 Å². The Bertz CT molecular complexity index is 876. The van der Waals surface area contributed by atoms with Gasteiger partial charge in [-0.25, -0.2) is 4.79 Å². The van der Waals surface area contributed by atoms with Gasteiger partial charge in [0.05, 0.1) is 23.4 Å². The molecule has 1 aliphatic carbocycles. The van der Waals surface area contributed by atoms with Crippen LogP contribution in [0.4, 0.5) is 4.79 Å². The number of nitrogens with one attached hydrogen (secondary N) is 2. The molecule has 0 aromatic rings. The van der Waals surface area contributed by atoms with Crippen molar-refractivity contribution in [3.8, 4) is 0 Å². The van der Waals surface area contributed by atoms with Crippen LogP contribution in [0, 0.1) is 5.92 Å². The molecule has 2 saturated heterocycles. The van der Waals surface area contributed by atoms with E-state index < -0.39 is 17.7 Å². The molecule has 4 aliphatic rings. The van der Waals surface area contributed by atoms with Gasteiger partial charge in [-0.2, -0.15) is 0 Å². The first-order valence-electron chi connectivity index (χ1n) is 10.4. The summed E-state index contributed by atoms with van der Waals surface area (Å²) < 4.78 is 11.1. The molecule has 3 heterocycles. The summed E-state index contributed by atoms with van der Waals surface area (Å²) in [6.07, 6.45) is 0.189. The molecule has 0 bridgehead atoms. The Kier molecular flexibility index (Phi) is 6.30. The van der Waals surface area contributed by atoms with E-state index in [9.17, 15) is 14.4 Å². The Morgan fingerprint density at radius 3 is 2.74 bits per heavy atom. The van der Waals surface area contributed by atoms with E-state index in [1.54, 1.807) is 35.6 Å². The zero-order valence-corrected chi connectivity index (χ0v) is 19.5. The molecule has 0 saturated carbocycles. The second kappa shape index (κ2) is 8.68. The number of piperazine rings is 1. The van der Waals surface area contributed by atoms with Gasteiger partial charge in [0.15, 0.2) is 5.72 Å². The first-order chi connectivity index (χ1) is 14.9. The predicted molar refractivity (Wildman–Crippen MR) is 119 cm³/mol. The average molecular weight is 469 g/mol. The van der Waals surface area contributed by atoms with Gasteiger partial charge in [-0.15, -0.1) is 0 Å². The van der Waals surface area contributed by atoms with E-state index >= 15 is 0 Å². The zero-order chi connectivity index (χ0) is 22.3. The molecule has 3 unspecified atom stereocenters. The van der Waals surface area contributed by atoms with Crippen molar-refractivity contribution in [3.05, 3.63) is 22.5 Å². The van der Waals surface area contributed by atoms with E-state index in [0.717, 1.165) is 17.9 Å². The number of Topliss-reactive ketones (excluding diaryl/α,β-unsaturated/α-hetero) is 2. The van der Waals surface area contributed by atoms with Gasteiger partial charge >= 0.3 is 6.09 Å². The molecule has 4 rings (SSSR count). The number of allylic oxidation sites excluding steroid dienone is 2. The molecular weight excluding hydrogens is 440 g/mol. The maximum atomic E-state index is 13.6. The molecule has 0 aromatic heterocycles. The number of ether oxygens (including phenoxy) is 2. The maximum Gasteiger partial charge on any atom is 0.404 e. The Hall–Kier alpha value is -1.69. The molecular formula is C20H28N4O5S2. The normalized spacial score (nSPS) is 31.1. The lowest BCUT2D eigenvalue weighted by atomic mass is 9.82. The third-order valence-electron chi connectivity index (χ3n) is 6.29. The smallest absolute Gasteiger partial charge is 0.404 e. The minimum atomic E-state index is -0.946. The van der Waals surface area contributed by atoms with Crippen LogP contribution in [0.25, 0.3) is 0 Å². The van der Waals surface area contributed by atoms with E-state index in [-0.39, 0.29) is 30.3 Å². The molecule has 2 fully saturated rings. The number of primary amides is 1. The monoisotopic (exact) mass is 468 g/mol. The van der Waals surface area contributed by atoms with Crippen molar-refractivity contribution in [2.45, 2.75) is 38.1 Å². The number of methoxy groups -OCH3 is 1. The number of ketones is 2. The lowest BCUT2D eigenvalue weighted by Crippen LogP contribution is -2.55. The number of hydrogen-bond acceptors (Lipinski definition) is 10. The van der Waals surface area contributed by atoms with Crippen LogP contribution in [0.3, 0.4) is 0 Å². The molecule has 0 spiro atoms. The summed E-state index contributed by atoms with van der Waals surface area (Å²) in [4.78, 5) is 40.2. The summed E-state index contributed by atoms with van der Waals surface area (Å²) in [6.45, 7) is 4.82. The molecule has 4 N–H and O–H groups in total. The lowest BCUT2D eigenvalue weighted by molar-refractivity contribution is -0.137. The highest BCUT2D eigenvalue weighted by atomic mass is 33.1. The van der Waals surface area contributed by atoms with E-state index in [2.05, 4.69) is 17.6 Å². The molecule has 9 nitrogen and oxygen atoms in total. The van der Waals surface area contributed by atoms with Gasteiger partial charge in [0.2, 0.25) is 11.6 Å². The molecule has 3 aliphatic heterocycles. The fraction of sp³-hybridized carbons (Fsp3) is 0.650. The van der Waals surface area contributed by atoms with Crippen molar-refractivity contribution in [2.24, 2.45) is 11.7 Å². The second-order valence-corrected chi connectivity index (χ2v) is 10.7. The van der Waals surface area contributed by atoms with Gasteiger partial charge in [0, 0.05) is 48.9 Å². The summed E-state index contributed by atoms with van der Waals surface area (Å²) in [6, 6.07) is 0.128. The summed E-state index contributed by atoms with van der Waals surface area (Å²) in [5.74, 6) is 0.854. The SMILES string of the molecule is CCCSSCCNC1=C(C)C(=O)C2=C(C1=O)C(COC(N)=O)[C@@]1(OC)C3NC3CN21. The maximum absolute atomic E-state index is 13.6. The molecule has 0 aromatic carbocycles. The number of carbonyl (C=O) groups is 3.